The van der Waals surface area contributed by atoms with Gasteiger partial charge in [0.15, 0.2) is 0 Å². The third-order valence-corrected chi connectivity index (χ3v) is 5.71. The van der Waals surface area contributed by atoms with Crippen LogP contribution in [0.3, 0.4) is 0 Å². The van der Waals surface area contributed by atoms with Crippen LogP contribution >= 0.6 is 11.8 Å². The van der Waals surface area contributed by atoms with Crippen LogP contribution in [0.1, 0.15) is 27.4 Å². The summed E-state index contributed by atoms with van der Waals surface area (Å²) in [6.45, 7) is 3.84. The lowest BCUT2D eigenvalue weighted by Gasteiger charge is -2.23. The number of thioether (sulfide) groups is 1. The minimum Gasteiger partial charge on any atom is -0.366 e. The average Bonchev–Trinajstić information content (AvgIpc) is 3.07. The zero-order chi connectivity index (χ0) is 22.5. The SMILES string of the molecule is Cc1noc(C)c1CN(C(=O)CSc1ccc(C(N)=O)cc1[N+](=O)[O-])c1ccccc1. The van der Waals surface area contributed by atoms with Gasteiger partial charge in [0.2, 0.25) is 11.8 Å². The molecule has 0 radical (unpaired) electrons. The molecule has 0 aliphatic carbocycles. The molecule has 3 rings (SSSR count). The van der Waals surface area contributed by atoms with Gasteiger partial charge in [0.1, 0.15) is 5.76 Å². The van der Waals surface area contributed by atoms with Gasteiger partial charge in [-0.15, -0.1) is 11.8 Å². The normalized spacial score (nSPS) is 10.6. The lowest BCUT2D eigenvalue weighted by Crippen LogP contribution is -2.32. The standard InChI is InChI=1S/C21H20N4O5S/c1-13-17(14(2)30-23-13)11-24(16-6-4-3-5-7-16)20(26)12-31-19-9-8-15(21(22)27)10-18(19)25(28)29/h3-10H,11-12H2,1-2H3,(H2,22,27). The van der Waals surface area contributed by atoms with E-state index in [1.807, 2.05) is 30.3 Å². The molecule has 0 unspecified atom stereocenters. The fraction of sp³-hybridized carbons (Fsp3) is 0.190. The molecule has 160 valence electrons. The molecule has 9 nitrogen and oxygen atoms in total. The van der Waals surface area contributed by atoms with Crippen molar-refractivity contribution in [2.75, 3.05) is 10.7 Å². The van der Waals surface area contributed by atoms with Crippen molar-refractivity contribution in [3.8, 4) is 0 Å². The number of carbonyl (C=O) groups is 2. The lowest BCUT2D eigenvalue weighted by atomic mass is 10.1. The van der Waals surface area contributed by atoms with Gasteiger partial charge < -0.3 is 15.2 Å². The van der Waals surface area contributed by atoms with Gasteiger partial charge in [-0.25, -0.2) is 0 Å². The Hall–Kier alpha value is -3.66. The smallest absolute Gasteiger partial charge is 0.283 e. The number of amides is 2. The number of nitrogens with zero attached hydrogens (tertiary/aromatic N) is 3. The molecular weight excluding hydrogens is 420 g/mol. The number of aryl methyl sites for hydroxylation is 2. The summed E-state index contributed by atoms with van der Waals surface area (Å²) in [5.41, 5.74) is 7.15. The molecule has 0 aliphatic rings. The van der Waals surface area contributed by atoms with Crippen LogP contribution in [0.2, 0.25) is 0 Å². The maximum Gasteiger partial charge on any atom is 0.283 e. The number of hydrogen-bond donors (Lipinski definition) is 1. The van der Waals surface area contributed by atoms with Gasteiger partial charge >= 0.3 is 0 Å². The Morgan fingerprint density at radius 3 is 2.48 bits per heavy atom. The first-order chi connectivity index (χ1) is 14.8. The van der Waals surface area contributed by atoms with Crippen molar-refractivity contribution in [3.63, 3.8) is 0 Å². The van der Waals surface area contributed by atoms with E-state index in [4.69, 9.17) is 10.3 Å². The van der Waals surface area contributed by atoms with E-state index in [9.17, 15) is 19.7 Å². The van der Waals surface area contributed by atoms with Crippen LogP contribution in [0.4, 0.5) is 11.4 Å². The molecule has 10 heteroatoms. The number of nitro benzene ring substituents is 1. The average molecular weight is 440 g/mol. The van der Waals surface area contributed by atoms with Gasteiger partial charge in [0.05, 0.1) is 27.8 Å². The molecule has 0 fully saturated rings. The molecule has 0 bridgehead atoms. The van der Waals surface area contributed by atoms with E-state index in [1.165, 1.54) is 12.1 Å². The number of nitrogens with two attached hydrogens (primary N) is 1. The van der Waals surface area contributed by atoms with Gasteiger partial charge in [0.25, 0.3) is 5.69 Å². The van der Waals surface area contributed by atoms with Crippen LogP contribution in [-0.4, -0.2) is 27.6 Å². The van der Waals surface area contributed by atoms with Crippen LogP contribution in [0.15, 0.2) is 57.9 Å². The summed E-state index contributed by atoms with van der Waals surface area (Å²) in [7, 11) is 0. The molecular formula is C21H20N4O5S. The molecule has 0 saturated carbocycles. The first-order valence-corrected chi connectivity index (χ1v) is 10.2. The topological polar surface area (TPSA) is 133 Å². The van der Waals surface area contributed by atoms with Crippen molar-refractivity contribution < 1.29 is 19.0 Å². The van der Waals surface area contributed by atoms with E-state index in [-0.39, 0.29) is 34.4 Å². The highest BCUT2D eigenvalue weighted by molar-refractivity contribution is 8.00. The van der Waals surface area contributed by atoms with Crippen LogP contribution in [-0.2, 0) is 11.3 Å². The highest BCUT2D eigenvalue weighted by Crippen LogP contribution is 2.31. The van der Waals surface area contributed by atoms with Crippen molar-refractivity contribution >= 4 is 35.0 Å². The molecule has 1 heterocycles. The molecule has 1 aromatic heterocycles. The summed E-state index contributed by atoms with van der Waals surface area (Å²) < 4.78 is 5.21. The predicted octanol–water partition coefficient (Wildman–Crippen LogP) is 3.62. The largest absolute Gasteiger partial charge is 0.366 e. The molecule has 0 spiro atoms. The maximum atomic E-state index is 13.1. The van der Waals surface area contributed by atoms with E-state index >= 15 is 0 Å². The number of aromatic nitrogens is 1. The summed E-state index contributed by atoms with van der Waals surface area (Å²) in [5.74, 6) is -0.429. The third-order valence-electron chi connectivity index (χ3n) is 4.66. The van der Waals surface area contributed by atoms with E-state index in [0.29, 0.717) is 17.1 Å². The number of carbonyl (C=O) groups excluding carboxylic acids is 2. The summed E-state index contributed by atoms with van der Waals surface area (Å²) in [6.07, 6.45) is 0. The van der Waals surface area contributed by atoms with Crippen molar-refractivity contribution in [3.05, 3.63) is 81.2 Å². The van der Waals surface area contributed by atoms with Crippen LogP contribution in [0.5, 0.6) is 0 Å². The molecule has 31 heavy (non-hydrogen) atoms. The summed E-state index contributed by atoms with van der Waals surface area (Å²) in [4.78, 5) is 37.1. The Bertz CT molecular complexity index is 1110. The molecule has 2 N–H and O–H groups in total. The van der Waals surface area contributed by atoms with E-state index < -0.39 is 10.8 Å². The highest BCUT2D eigenvalue weighted by Gasteiger charge is 2.23. The Balaban J connectivity index is 1.85. The monoisotopic (exact) mass is 440 g/mol. The molecule has 0 saturated heterocycles. The molecule has 2 amide bonds. The van der Waals surface area contributed by atoms with Crippen molar-refractivity contribution in [1.82, 2.24) is 5.16 Å². The number of nitro groups is 1. The minimum absolute atomic E-state index is 0.0340. The zero-order valence-corrected chi connectivity index (χ0v) is 17.7. The van der Waals surface area contributed by atoms with E-state index in [2.05, 4.69) is 5.16 Å². The Labute approximate surface area is 182 Å². The maximum absolute atomic E-state index is 13.1. The van der Waals surface area contributed by atoms with Gasteiger partial charge in [-0.2, -0.15) is 0 Å². The van der Waals surface area contributed by atoms with E-state index in [0.717, 1.165) is 23.4 Å². The minimum atomic E-state index is -0.759. The van der Waals surface area contributed by atoms with Crippen molar-refractivity contribution in [2.45, 2.75) is 25.3 Å². The molecule has 2 aromatic carbocycles. The number of anilines is 1. The van der Waals surface area contributed by atoms with Crippen LogP contribution in [0, 0.1) is 24.0 Å². The Morgan fingerprint density at radius 1 is 1.19 bits per heavy atom. The zero-order valence-electron chi connectivity index (χ0n) is 16.9. The van der Waals surface area contributed by atoms with Crippen molar-refractivity contribution in [1.29, 1.82) is 0 Å². The highest BCUT2D eigenvalue weighted by atomic mass is 32.2. The van der Waals surface area contributed by atoms with Crippen molar-refractivity contribution in [2.24, 2.45) is 5.73 Å². The molecule has 3 aromatic rings. The summed E-state index contributed by atoms with van der Waals surface area (Å²) in [6, 6.07) is 13.1. The molecule has 0 atom stereocenters. The number of rotatable bonds is 8. The fourth-order valence-corrected chi connectivity index (χ4v) is 3.85. The Kier molecular flexibility index (Phi) is 6.71. The second-order valence-corrected chi connectivity index (χ2v) is 7.73. The Morgan fingerprint density at radius 2 is 1.90 bits per heavy atom. The van der Waals surface area contributed by atoms with E-state index in [1.54, 1.807) is 18.7 Å². The number of benzene rings is 2. The van der Waals surface area contributed by atoms with Gasteiger partial charge in [-0.3, -0.25) is 19.7 Å². The van der Waals surface area contributed by atoms with Crippen LogP contribution < -0.4 is 10.6 Å². The summed E-state index contributed by atoms with van der Waals surface area (Å²) >= 11 is 1.02. The molecule has 0 aliphatic heterocycles. The van der Waals surface area contributed by atoms with Gasteiger partial charge in [-0.05, 0) is 38.1 Å². The first kappa shape index (κ1) is 22.0. The quantitative estimate of drug-likeness (QED) is 0.321. The van der Waals surface area contributed by atoms with Crippen LogP contribution in [0.25, 0.3) is 0 Å². The fourth-order valence-electron chi connectivity index (χ4n) is 2.97. The second kappa shape index (κ2) is 9.43. The predicted molar refractivity (Wildman–Crippen MR) is 116 cm³/mol. The third kappa shape index (κ3) is 5.10. The summed E-state index contributed by atoms with van der Waals surface area (Å²) in [5, 5.41) is 15.3. The number of hydrogen-bond acceptors (Lipinski definition) is 7. The number of primary amides is 1. The number of para-hydroxylation sites is 1. The second-order valence-electron chi connectivity index (χ2n) is 6.71. The first-order valence-electron chi connectivity index (χ1n) is 9.26. The lowest BCUT2D eigenvalue weighted by molar-refractivity contribution is -0.387. The van der Waals surface area contributed by atoms with Gasteiger partial charge in [-0.1, -0.05) is 23.4 Å². The van der Waals surface area contributed by atoms with Gasteiger partial charge in [0, 0.05) is 22.9 Å².